The van der Waals surface area contributed by atoms with Gasteiger partial charge in [-0.15, -0.1) is 0 Å². The minimum absolute atomic E-state index is 1.28. The summed E-state index contributed by atoms with van der Waals surface area (Å²) in [4.78, 5) is 0. The third kappa shape index (κ3) is 22.3. The predicted octanol–water partition coefficient (Wildman–Crippen LogP) is -3.37. The largest absolute Gasteiger partial charge is 0.357 e. The van der Waals surface area contributed by atoms with Crippen LogP contribution in [0.5, 0.6) is 0 Å². The Morgan fingerprint density at radius 1 is 0.385 bits per heavy atom. The molecule has 0 saturated heterocycles. The molecular weight excluding hydrogens is 387 g/mol. The van der Waals surface area contributed by atoms with Crippen molar-refractivity contribution in [2.45, 2.75) is 55.4 Å². The predicted molar refractivity (Wildman–Crippen MR) is 84.8 cm³/mol. The van der Waals surface area contributed by atoms with Crippen LogP contribution in [0.3, 0.4) is 0 Å². The first-order valence-electron chi connectivity index (χ1n) is 9.11. The van der Waals surface area contributed by atoms with Crippen LogP contribution in [0.1, 0.15) is 55.4 Å². The highest BCUT2D eigenvalue weighted by Gasteiger charge is 2.16. The average Bonchev–Trinajstić information content (AvgIpc) is 2.60. The van der Waals surface area contributed by atoms with Crippen LogP contribution in [-0.4, -0.2) is 61.3 Å². The van der Waals surface area contributed by atoms with E-state index in [-0.39, 0.29) is 0 Å². The summed E-state index contributed by atoms with van der Waals surface area (Å²) >= 11 is 0. The van der Waals surface area contributed by atoms with Crippen molar-refractivity contribution in [2.24, 2.45) is 0 Å². The molecule has 0 amide bonds. The molecule has 0 aromatic heterocycles. The van der Waals surface area contributed by atoms with Crippen LogP contribution >= 0.6 is 0 Å². The quantitative estimate of drug-likeness (QED) is 0.371. The molecule has 0 aliphatic carbocycles. The molecule has 0 bridgehead atoms. The zero-order valence-electron chi connectivity index (χ0n) is 17.8. The Balaban J connectivity index is -0.000000134. The molecule has 0 fully saturated rings. The van der Waals surface area contributed by atoms with Crippen molar-refractivity contribution in [1.29, 1.82) is 0 Å². The van der Waals surface area contributed by atoms with Gasteiger partial charge in [-0.05, 0) is 55.4 Å². The van der Waals surface area contributed by atoms with Crippen LogP contribution in [0.2, 0.25) is 0 Å². The first-order valence-corrected chi connectivity index (χ1v) is 11.0. The SMILES string of the molecule is CC[N+](CC)(CC)CC.CC[N+](CC)(CC)CC.[O-][Cl+2]([O-])[O-].[O-][Cl+2]([O-])[O-]. The standard InChI is InChI=1S/2C8H20N.2ClO3/c2*1-5-9(6-2,7-3)8-4;2*2-1(3)4/h2*5-8H2,1-4H3;;/q2*+1;2*-1. The van der Waals surface area contributed by atoms with Crippen LogP contribution in [0.15, 0.2) is 0 Å². The van der Waals surface area contributed by atoms with E-state index < -0.39 is 21.6 Å². The van der Waals surface area contributed by atoms with Crippen molar-refractivity contribution in [1.82, 2.24) is 0 Å². The van der Waals surface area contributed by atoms with E-state index in [1.165, 1.54) is 61.3 Å². The molecule has 0 rings (SSSR count). The number of hydrogen-bond acceptors (Lipinski definition) is 6. The molecule has 164 valence electrons. The minimum atomic E-state index is -2.85. The molecule has 10 heteroatoms. The van der Waals surface area contributed by atoms with E-state index >= 15 is 0 Å². The summed E-state index contributed by atoms with van der Waals surface area (Å²) in [5, 5.41) is 0. The van der Waals surface area contributed by atoms with Crippen molar-refractivity contribution in [2.75, 3.05) is 52.4 Å². The van der Waals surface area contributed by atoms with E-state index in [0.29, 0.717) is 0 Å². The zero-order chi connectivity index (χ0) is 21.8. The van der Waals surface area contributed by atoms with Crippen LogP contribution in [0.4, 0.5) is 0 Å². The number of nitrogens with zero attached hydrogens (tertiary/aromatic N) is 2. The maximum Gasteiger partial charge on any atom is 0.0757 e. The maximum absolute atomic E-state index is 8.41. The molecule has 0 aliphatic heterocycles. The maximum atomic E-state index is 8.41. The summed E-state index contributed by atoms with van der Waals surface area (Å²) in [5.74, 6) is 0. The fourth-order valence-electron chi connectivity index (χ4n) is 2.68. The Hall–Kier alpha value is 0.260. The van der Waals surface area contributed by atoms with E-state index in [1.54, 1.807) is 0 Å². The molecule has 8 nitrogen and oxygen atoms in total. The van der Waals surface area contributed by atoms with E-state index in [0.717, 1.165) is 0 Å². The molecule has 26 heavy (non-hydrogen) atoms. The molecule has 0 spiro atoms. The van der Waals surface area contributed by atoms with Gasteiger partial charge >= 0.3 is 0 Å². The fourth-order valence-corrected chi connectivity index (χ4v) is 2.68. The lowest BCUT2D eigenvalue weighted by molar-refractivity contribution is -1.73. The zero-order valence-corrected chi connectivity index (χ0v) is 19.3. The summed E-state index contributed by atoms with van der Waals surface area (Å²) in [6, 6.07) is 0. The van der Waals surface area contributed by atoms with Gasteiger partial charge in [0.2, 0.25) is 0 Å². The van der Waals surface area contributed by atoms with Gasteiger partial charge in [-0.1, -0.05) is 0 Å². The number of rotatable bonds is 8. The second kappa shape index (κ2) is 21.6. The van der Waals surface area contributed by atoms with Gasteiger partial charge in [0.1, 0.15) is 0 Å². The molecule has 0 saturated carbocycles. The molecule has 0 atom stereocenters. The second-order valence-electron chi connectivity index (χ2n) is 5.59. The third-order valence-corrected chi connectivity index (χ3v) is 5.37. The Morgan fingerprint density at radius 2 is 0.462 bits per heavy atom. The number of hydrogen-bond donors (Lipinski definition) is 0. The number of halogens is 2. The van der Waals surface area contributed by atoms with E-state index in [4.69, 9.17) is 28.0 Å². The van der Waals surface area contributed by atoms with E-state index in [1.807, 2.05) is 0 Å². The molecule has 0 N–H and O–H groups in total. The number of quaternary nitrogens is 2. The van der Waals surface area contributed by atoms with E-state index in [2.05, 4.69) is 55.4 Å². The van der Waals surface area contributed by atoms with Gasteiger partial charge in [-0.25, -0.2) is 0 Å². The Kier molecular flexibility index (Phi) is 28.0. The van der Waals surface area contributed by atoms with Crippen LogP contribution in [0, 0.1) is 21.6 Å². The highest BCUT2D eigenvalue weighted by Crippen LogP contribution is 2.03. The fraction of sp³-hybridized carbons (Fsp3) is 1.00. The molecular formula is C16H40Cl2N2O6. The van der Waals surface area contributed by atoms with Crippen molar-refractivity contribution in [3.63, 3.8) is 0 Å². The minimum Gasteiger partial charge on any atom is -0.357 e. The average molecular weight is 427 g/mol. The van der Waals surface area contributed by atoms with Crippen molar-refractivity contribution in [3.05, 3.63) is 0 Å². The monoisotopic (exact) mass is 426 g/mol. The van der Waals surface area contributed by atoms with Crippen LogP contribution < -0.4 is 28.0 Å². The molecule has 0 aromatic carbocycles. The lowest BCUT2D eigenvalue weighted by Crippen LogP contribution is -2.47. The summed E-state index contributed by atoms with van der Waals surface area (Å²) < 4.78 is 53.0. The third-order valence-electron chi connectivity index (χ3n) is 5.37. The van der Waals surface area contributed by atoms with Crippen LogP contribution in [0.25, 0.3) is 0 Å². The topological polar surface area (TPSA) is 138 Å². The first kappa shape index (κ1) is 33.8. The van der Waals surface area contributed by atoms with Crippen molar-refractivity contribution >= 4 is 0 Å². The Bertz CT molecular complexity index is 201. The van der Waals surface area contributed by atoms with Crippen molar-refractivity contribution in [3.8, 4) is 0 Å². The summed E-state index contributed by atoms with van der Waals surface area (Å²) in [5.41, 5.74) is 0. The summed E-state index contributed by atoms with van der Waals surface area (Å²) in [6.45, 7) is 28.4. The highest BCUT2D eigenvalue weighted by molar-refractivity contribution is 4.31. The first-order chi connectivity index (χ1) is 11.9. The summed E-state index contributed by atoms with van der Waals surface area (Å²) in [7, 11) is -5.70. The van der Waals surface area contributed by atoms with E-state index in [9.17, 15) is 0 Å². The van der Waals surface area contributed by atoms with Crippen LogP contribution in [-0.2, 0) is 0 Å². The van der Waals surface area contributed by atoms with Gasteiger partial charge in [0.05, 0.1) is 73.9 Å². The Morgan fingerprint density at radius 3 is 0.462 bits per heavy atom. The molecule has 0 unspecified atom stereocenters. The normalized spacial score (nSPS) is 11.1. The van der Waals surface area contributed by atoms with Gasteiger partial charge < -0.3 is 36.9 Å². The Labute approximate surface area is 166 Å². The highest BCUT2D eigenvalue weighted by atomic mass is 35.6. The lowest BCUT2D eigenvalue weighted by atomic mass is 10.3. The molecule has 0 heterocycles. The van der Waals surface area contributed by atoms with Crippen molar-refractivity contribution < 1.29 is 58.5 Å². The lowest BCUT2D eigenvalue weighted by Gasteiger charge is -2.34. The second-order valence-corrected chi connectivity index (χ2v) is 6.35. The molecule has 0 radical (unpaired) electrons. The molecule has 0 aliphatic rings. The van der Waals surface area contributed by atoms with Gasteiger partial charge in [0.25, 0.3) is 0 Å². The van der Waals surface area contributed by atoms with Gasteiger partial charge in [0, 0.05) is 0 Å². The summed E-state index contributed by atoms with van der Waals surface area (Å²) in [6.07, 6.45) is 0. The smallest absolute Gasteiger partial charge is 0.0757 e. The molecule has 0 aromatic rings. The van der Waals surface area contributed by atoms with Gasteiger partial charge in [0.15, 0.2) is 0 Å². The van der Waals surface area contributed by atoms with Gasteiger partial charge in [-0.3, -0.25) is 0 Å². The van der Waals surface area contributed by atoms with Gasteiger partial charge in [-0.2, -0.15) is 0 Å².